The van der Waals surface area contributed by atoms with E-state index in [-0.39, 0.29) is 6.03 Å². The van der Waals surface area contributed by atoms with E-state index in [9.17, 15) is 4.79 Å². The highest BCUT2D eigenvalue weighted by Gasteiger charge is 2.00. The quantitative estimate of drug-likeness (QED) is 0.752. The first-order valence-corrected chi connectivity index (χ1v) is 4.80. The highest BCUT2D eigenvalue weighted by atomic mass is 35.5. The number of amides is 2. The lowest BCUT2D eigenvalue weighted by molar-refractivity contribution is 0.252. The number of alkyl halides is 1. The second kappa shape index (κ2) is 5.44. The number of urea groups is 1. The van der Waals surface area contributed by atoms with Crippen molar-refractivity contribution in [1.29, 1.82) is 0 Å². The SMILES string of the molecule is Cc1cccc(NC(=O)NCCCl)n1. The van der Waals surface area contributed by atoms with Gasteiger partial charge in [0.1, 0.15) is 5.82 Å². The fourth-order valence-corrected chi connectivity index (χ4v) is 1.03. The van der Waals surface area contributed by atoms with Gasteiger partial charge in [0.05, 0.1) is 0 Å². The van der Waals surface area contributed by atoms with Gasteiger partial charge < -0.3 is 5.32 Å². The fraction of sp³-hybridized carbons (Fsp3) is 0.333. The molecule has 2 N–H and O–H groups in total. The van der Waals surface area contributed by atoms with E-state index in [1.54, 1.807) is 6.07 Å². The van der Waals surface area contributed by atoms with Gasteiger partial charge in [0.25, 0.3) is 0 Å². The summed E-state index contributed by atoms with van der Waals surface area (Å²) in [5.41, 5.74) is 0.861. The molecule has 1 rings (SSSR count). The molecule has 14 heavy (non-hydrogen) atoms. The lowest BCUT2D eigenvalue weighted by Gasteiger charge is -2.05. The highest BCUT2D eigenvalue weighted by Crippen LogP contribution is 2.02. The number of halogens is 1. The summed E-state index contributed by atoms with van der Waals surface area (Å²) in [4.78, 5) is 15.3. The molecule has 0 aliphatic rings. The summed E-state index contributed by atoms with van der Waals surface area (Å²) in [6.45, 7) is 2.31. The van der Waals surface area contributed by atoms with Crippen molar-refractivity contribution in [3.05, 3.63) is 23.9 Å². The second-order valence-corrected chi connectivity index (χ2v) is 3.11. The molecule has 1 aromatic rings. The predicted octanol–water partition coefficient (Wildman–Crippen LogP) is 1.75. The minimum atomic E-state index is -0.288. The number of rotatable bonds is 3. The van der Waals surface area contributed by atoms with Gasteiger partial charge in [-0.05, 0) is 19.1 Å². The van der Waals surface area contributed by atoms with Crippen LogP contribution in [0.15, 0.2) is 18.2 Å². The summed E-state index contributed by atoms with van der Waals surface area (Å²) in [6, 6.07) is 5.14. The molecule has 5 heteroatoms. The van der Waals surface area contributed by atoms with Gasteiger partial charge in [0, 0.05) is 18.1 Å². The van der Waals surface area contributed by atoms with Crippen LogP contribution in [0.4, 0.5) is 10.6 Å². The van der Waals surface area contributed by atoms with Crippen molar-refractivity contribution in [2.75, 3.05) is 17.7 Å². The third-order valence-electron chi connectivity index (χ3n) is 1.51. The van der Waals surface area contributed by atoms with Crippen LogP contribution in [0.1, 0.15) is 5.69 Å². The molecule has 0 spiro atoms. The van der Waals surface area contributed by atoms with E-state index in [4.69, 9.17) is 11.6 Å². The van der Waals surface area contributed by atoms with E-state index in [0.717, 1.165) is 5.69 Å². The van der Waals surface area contributed by atoms with Gasteiger partial charge in [0.15, 0.2) is 0 Å². The average Bonchev–Trinajstić information content (AvgIpc) is 2.15. The molecule has 0 unspecified atom stereocenters. The molecule has 0 aliphatic heterocycles. The van der Waals surface area contributed by atoms with Crippen LogP contribution in [0.25, 0.3) is 0 Å². The normalized spacial score (nSPS) is 9.57. The van der Waals surface area contributed by atoms with E-state index in [1.165, 1.54) is 0 Å². The minimum Gasteiger partial charge on any atom is -0.337 e. The van der Waals surface area contributed by atoms with Crippen LogP contribution in [-0.4, -0.2) is 23.4 Å². The molecule has 76 valence electrons. The summed E-state index contributed by atoms with van der Waals surface area (Å²) < 4.78 is 0. The van der Waals surface area contributed by atoms with Crippen LogP contribution >= 0.6 is 11.6 Å². The first-order chi connectivity index (χ1) is 6.72. The van der Waals surface area contributed by atoms with Crippen molar-refractivity contribution < 1.29 is 4.79 Å². The number of nitrogens with one attached hydrogen (secondary N) is 2. The summed E-state index contributed by atoms with van der Waals surface area (Å²) in [7, 11) is 0. The Balaban J connectivity index is 2.47. The molecule has 0 fully saturated rings. The van der Waals surface area contributed by atoms with Gasteiger partial charge in [-0.15, -0.1) is 11.6 Å². The molecule has 0 bridgehead atoms. The summed E-state index contributed by atoms with van der Waals surface area (Å²) in [5, 5.41) is 5.18. The molecule has 1 heterocycles. The maximum absolute atomic E-state index is 11.2. The Bertz CT molecular complexity index is 317. The first-order valence-electron chi connectivity index (χ1n) is 4.27. The zero-order valence-corrected chi connectivity index (χ0v) is 8.64. The van der Waals surface area contributed by atoms with Gasteiger partial charge in [0.2, 0.25) is 0 Å². The molecule has 0 radical (unpaired) electrons. The number of hydrogen-bond acceptors (Lipinski definition) is 2. The van der Waals surface area contributed by atoms with Gasteiger partial charge in [-0.3, -0.25) is 5.32 Å². The molecule has 0 saturated carbocycles. The Morgan fingerprint density at radius 1 is 1.57 bits per heavy atom. The van der Waals surface area contributed by atoms with E-state index in [1.807, 2.05) is 19.1 Å². The number of aromatic nitrogens is 1. The number of hydrogen-bond donors (Lipinski definition) is 2. The number of pyridine rings is 1. The number of carbonyl (C=O) groups is 1. The Morgan fingerprint density at radius 2 is 2.36 bits per heavy atom. The van der Waals surface area contributed by atoms with Gasteiger partial charge in [-0.2, -0.15) is 0 Å². The van der Waals surface area contributed by atoms with Crippen molar-refractivity contribution in [2.45, 2.75) is 6.92 Å². The average molecular weight is 214 g/mol. The third kappa shape index (κ3) is 3.62. The van der Waals surface area contributed by atoms with E-state index in [2.05, 4.69) is 15.6 Å². The molecular formula is C9H12ClN3O. The fourth-order valence-electron chi connectivity index (χ4n) is 0.934. The van der Waals surface area contributed by atoms with Crippen LogP contribution in [0.2, 0.25) is 0 Å². The maximum Gasteiger partial charge on any atom is 0.320 e. The Labute approximate surface area is 87.7 Å². The monoisotopic (exact) mass is 213 g/mol. The molecule has 0 aliphatic carbocycles. The molecule has 1 aromatic heterocycles. The van der Waals surface area contributed by atoms with E-state index < -0.39 is 0 Å². The van der Waals surface area contributed by atoms with Crippen LogP contribution < -0.4 is 10.6 Å². The van der Waals surface area contributed by atoms with Crippen molar-refractivity contribution in [3.63, 3.8) is 0 Å². The van der Waals surface area contributed by atoms with Crippen molar-refractivity contribution >= 4 is 23.4 Å². The largest absolute Gasteiger partial charge is 0.337 e. The maximum atomic E-state index is 11.2. The highest BCUT2D eigenvalue weighted by molar-refractivity contribution is 6.18. The van der Waals surface area contributed by atoms with Crippen molar-refractivity contribution in [2.24, 2.45) is 0 Å². The van der Waals surface area contributed by atoms with Crippen LogP contribution in [0.3, 0.4) is 0 Å². The molecule has 0 aromatic carbocycles. The predicted molar refractivity (Wildman–Crippen MR) is 56.7 cm³/mol. The van der Waals surface area contributed by atoms with E-state index >= 15 is 0 Å². The zero-order chi connectivity index (χ0) is 10.4. The van der Waals surface area contributed by atoms with Crippen LogP contribution in [-0.2, 0) is 0 Å². The summed E-state index contributed by atoms with van der Waals surface area (Å²) >= 11 is 5.42. The Hall–Kier alpha value is -1.29. The number of carbonyl (C=O) groups excluding carboxylic acids is 1. The molecule has 0 saturated heterocycles. The van der Waals surface area contributed by atoms with Crippen LogP contribution in [0, 0.1) is 6.92 Å². The number of aryl methyl sites for hydroxylation is 1. The van der Waals surface area contributed by atoms with Crippen molar-refractivity contribution in [3.8, 4) is 0 Å². The Morgan fingerprint density at radius 3 is 3.00 bits per heavy atom. The topological polar surface area (TPSA) is 54.0 Å². The lowest BCUT2D eigenvalue weighted by atomic mass is 10.4. The Kier molecular flexibility index (Phi) is 4.19. The van der Waals surface area contributed by atoms with Gasteiger partial charge in [-0.1, -0.05) is 6.07 Å². The molecule has 4 nitrogen and oxygen atoms in total. The van der Waals surface area contributed by atoms with Crippen molar-refractivity contribution in [1.82, 2.24) is 10.3 Å². The second-order valence-electron chi connectivity index (χ2n) is 2.73. The zero-order valence-electron chi connectivity index (χ0n) is 7.88. The first kappa shape index (κ1) is 10.8. The lowest BCUT2D eigenvalue weighted by Crippen LogP contribution is -2.30. The molecular weight excluding hydrogens is 202 g/mol. The summed E-state index contributed by atoms with van der Waals surface area (Å²) in [6.07, 6.45) is 0. The number of nitrogens with zero attached hydrogens (tertiary/aromatic N) is 1. The van der Waals surface area contributed by atoms with E-state index in [0.29, 0.717) is 18.2 Å². The standard InChI is InChI=1S/C9H12ClN3O/c1-7-3-2-4-8(12-7)13-9(14)11-6-5-10/h2-4H,5-6H2,1H3,(H2,11,12,13,14). The molecule has 0 atom stereocenters. The number of anilines is 1. The molecule has 2 amide bonds. The minimum absolute atomic E-state index is 0.288. The summed E-state index contributed by atoms with van der Waals surface area (Å²) in [5.74, 6) is 0.936. The smallest absolute Gasteiger partial charge is 0.320 e. The van der Waals surface area contributed by atoms with Crippen LogP contribution in [0.5, 0.6) is 0 Å². The van der Waals surface area contributed by atoms with Gasteiger partial charge >= 0.3 is 6.03 Å². The van der Waals surface area contributed by atoms with Gasteiger partial charge in [-0.25, -0.2) is 9.78 Å². The third-order valence-corrected chi connectivity index (χ3v) is 1.70.